The molecular formula is C26H23ClN2O5. The van der Waals surface area contributed by atoms with Crippen molar-refractivity contribution < 1.29 is 18.7 Å². The van der Waals surface area contributed by atoms with Crippen LogP contribution >= 0.6 is 11.6 Å². The minimum atomic E-state index is -0.585. The fourth-order valence-corrected chi connectivity index (χ4v) is 3.90. The van der Waals surface area contributed by atoms with Gasteiger partial charge in [-0.05, 0) is 36.2 Å². The van der Waals surface area contributed by atoms with Crippen LogP contribution in [0.4, 0.5) is 0 Å². The van der Waals surface area contributed by atoms with Gasteiger partial charge < -0.3 is 14.5 Å². The number of fused-ring (bicyclic) bond motifs is 1. The van der Waals surface area contributed by atoms with Gasteiger partial charge in [-0.25, -0.2) is 4.79 Å². The summed E-state index contributed by atoms with van der Waals surface area (Å²) >= 11 is 6.15. The van der Waals surface area contributed by atoms with Crippen molar-refractivity contribution in [2.45, 2.75) is 25.4 Å². The lowest BCUT2D eigenvalue weighted by molar-refractivity contribution is -0.144. The fraction of sp³-hybridized carbons (Fsp3) is 0.192. The first kappa shape index (κ1) is 23.3. The van der Waals surface area contributed by atoms with Gasteiger partial charge in [0.15, 0.2) is 5.58 Å². The Hall–Kier alpha value is -3.84. The molecule has 174 valence electrons. The highest BCUT2D eigenvalue weighted by atomic mass is 35.5. The van der Waals surface area contributed by atoms with Crippen molar-refractivity contribution in [1.82, 2.24) is 9.88 Å². The van der Waals surface area contributed by atoms with E-state index in [2.05, 4.69) is 5.32 Å². The molecule has 0 aliphatic rings. The molecule has 4 aromatic rings. The molecule has 0 saturated heterocycles. The van der Waals surface area contributed by atoms with Crippen LogP contribution in [0, 0.1) is 0 Å². The van der Waals surface area contributed by atoms with Gasteiger partial charge in [-0.2, -0.15) is 0 Å². The van der Waals surface area contributed by atoms with Crippen LogP contribution < -0.4 is 11.1 Å². The third kappa shape index (κ3) is 5.55. The van der Waals surface area contributed by atoms with Crippen molar-refractivity contribution in [3.63, 3.8) is 0 Å². The van der Waals surface area contributed by atoms with Gasteiger partial charge in [0, 0.05) is 6.54 Å². The molecule has 3 aromatic carbocycles. The second kappa shape index (κ2) is 10.9. The molecule has 1 aromatic heterocycles. The third-order valence-corrected chi connectivity index (χ3v) is 5.69. The van der Waals surface area contributed by atoms with E-state index in [9.17, 15) is 14.4 Å². The summed E-state index contributed by atoms with van der Waals surface area (Å²) in [6, 6.07) is 22.5. The fourth-order valence-electron chi connectivity index (χ4n) is 3.68. The normalized spacial score (nSPS) is 11.8. The summed E-state index contributed by atoms with van der Waals surface area (Å²) in [4.78, 5) is 37.4. The molecule has 0 aliphatic heterocycles. The van der Waals surface area contributed by atoms with Crippen molar-refractivity contribution >= 4 is 34.6 Å². The number of amides is 1. The smallest absolute Gasteiger partial charge is 0.419 e. The van der Waals surface area contributed by atoms with Crippen LogP contribution in [0.1, 0.15) is 34.8 Å². The van der Waals surface area contributed by atoms with Crippen LogP contribution in [-0.4, -0.2) is 23.1 Å². The first-order valence-electron chi connectivity index (χ1n) is 10.9. The lowest BCUT2D eigenvalue weighted by atomic mass is 10.0. The maximum atomic E-state index is 12.8. The summed E-state index contributed by atoms with van der Waals surface area (Å²) in [7, 11) is 0. The first-order valence-corrected chi connectivity index (χ1v) is 11.2. The maximum absolute atomic E-state index is 12.8. The Morgan fingerprint density at radius 2 is 1.68 bits per heavy atom. The maximum Gasteiger partial charge on any atom is 0.419 e. The summed E-state index contributed by atoms with van der Waals surface area (Å²) in [6.07, 6.45) is 0.395. The van der Waals surface area contributed by atoms with E-state index in [1.165, 1.54) is 4.57 Å². The molecule has 1 heterocycles. The number of esters is 1. The number of hydrogen-bond acceptors (Lipinski definition) is 5. The zero-order valence-electron chi connectivity index (χ0n) is 18.3. The average Bonchev–Trinajstić information content (AvgIpc) is 3.17. The number of para-hydroxylation sites is 2. The molecule has 0 saturated carbocycles. The summed E-state index contributed by atoms with van der Waals surface area (Å²) in [5.41, 5.74) is 2.32. The Bertz CT molecular complexity index is 1350. The second-order valence-corrected chi connectivity index (χ2v) is 8.09. The molecule has 0 bridgehead atoms. The van der Waals surface area contributed by atoms with E-state index in [-0.39, 0.29) is 18.9 Å². The number of ether oxygens (including phenoxy) is 1. The number of carbonyl (C=O) groups is 2. The van der Waals surface area contributed by atoms with Crippen LogP contribution in [0.25, 0.3) is 11.1 Å². The average molecular weight is 479 g/mol. The molecule has 34 heavy (non-hydrogen) atoms. The van der Waals surface area contributed by atoms with Crippen LogP contribution in [0.5, 0.6) is 0 Å². The van der Waals surface area contributed by atoms with E-state index >= 15 is 0 Å². The van der Waals surface area contributed by atoms with E-state index in [1.54, 1.807) is 42.5 Å². The van der Waals surface area contributed by atoms with Gasteiger partial charge in [-0.3, -0.25) is 14.2 Å². The van der Waals surface area contributed by atoms with Gasteiger partial charge in [-0.1, -0.05) is 66.2 Å². The highest BCUT2D eigenvalue weighted by Crippen LogP contribution is 2.21. The predicted octanol–water partition coefficient (Wildman–Crippen LogP) is 4.74. The second-order valence-electron chi connectivity index (χ2n) is 7.68. The van der Waals surface area contributed by atoms with Crippen LogP contribution in [0.15, 0.2) is 88.1 Å². The summed E-state index contributed by atoms with van der Waals surface area (Å²) < 4.78 is 12.1. The number of oxazole rings is 1. The molecular weight excluding hydrogens is 456 g/mol. The van der Waals surface area contributed by atoms with Crippen LogP contribution in [0.3, 0.4) is 0 Å². The predicted molar refractivity (Wildman–Crippen MR) is 129 cm³/mol. The number of carbonyl (C=O) groups excluding carboxylic acids is 2. The van der Waals surface area contributed by atoms with Crippen molar-refractivity contribution in [3.05, 3.63) is 106 Å². The molecule has 0 spiro atoms. The molecule has 7 nitrogen and oxygen atoms in total. The number of aromatic nitrogens is 1. The number of benzene rings is 3. The zero-order valence-corrected chi connectivity index (χ0v) is 19.0. The minimum absolute atomic E-state index is 0.0468. The minimum Gasteiger partial charge on any atom is -0.466 e. The van der Waals surface area contributed by atoms with E-state index in [1.807, 2.05) is 36.4 Å². The Kier molecular flexibility index (Phi) is 7.44. The summed E-state index contributed by atoms with van der Waals surface area (Å²) in [5.74, 6) is -1.28. The van der Waals surface area contributed by atoms with Gasteiger partial charge in [0.1, 0.15) is 0 Å². The molecule has 0 fully saturated rings. The molecule has 4 rings (SSSR count). The van der Waals surface area contributed by atoms with Gasteiger partial charge in [0.25, 0.3) is 5.91 Å². The Morgan fingerprint density at radius 3 is 2.47 bits per heavy atom. The number of rotatable bonds is 9. The molecule has 1 N–H and O–H groups in total. The number of halogens is 1. The molecule has 1 unspecified atom stereocenters. The van der Waals surface area contributed by atoms with Gasteiger partial charge >= 0.3 is 11.7 Å². The molecule has 0 radical (unpaired) electrons. The Morgan fingerprint density at radius 1 is 0.971 bits per heavy atom. The van der Waals surface area contributed by atoms with Gasteiger partial charge in [0.05, 0.1) is 35.2 Å². The number of nitrogens with zero attached hydrogens (tertiary/aromatic N) is 1. The summed E-state index contributed by atoms with van der Waals surface area (Å²) in [6.45, 7) is 0.485. The van der Waals surface area contributed by atoms with Crippen molar-refractivity contribution in [3.8, 4) is 0 Å². The SMILES string of the molecule is O=C(CC(NC(=O)c1ccccc1Cl)c1ccccc1)OCCCn1c(=O)oc2ccccc21. The lowest BCUT2D eigenvalue weighted by Crippen LogP contribution is -2.31. The van der Waals surface area contributed by atoms with Crippen molar-refractivity contribution in [1.29, 1.82) is 0 Å². The molecule has 1 amide bonds. The number of hydrogen-bond donors (Lipinski definition) is 1. The number of aryl methyl sites for hydroxylation is 1. The first-order chi connectivity index (χ1) is 16.5. The Balaban J connectivity index is 1.36. The highest BCUT2D eigenvalue weighted by Gasteiger charge is 2.21. The monoisotopic (exact) mass is 478 g/mol. The molecule has 0 aliphatic carbocycles. The van der Waals surface area contributed by atoms with E-state index < -0.39 is 17.8 Å². The van der Waals surface area contributed by atoms with E-state index in [4.69, 9.17) is 20.8 Å². The highest BCUT2D eigenvalue weighted by molar-refractivity contribution is 6.33. The third-order valence-electron chi connectivity index (χ3n) is 5.36. The molecule has 1 atom stereocenters. The van der Waals surface area contributed by atoms with Crippen LogP contribution in [-0.2, 0) is 16.1 Å². The Labute approximate surface area is 200 Å². The standard InChI is InChI=1S/C26H23ClN2O5/c27-20-12-5-4-11-19(20)25(31)28-21(18-9-2-1-3-10-18)17-24(30)33-16-8-15-29-22-13-6-7-14-23(22)34-26(29)32/h1-7,9-14,21H,8,15-17H2,(H,28,31). The van der Waals surface area contributed by atoms with Crippen molar-refractivity contribution in [2.24, 2.45) is 0 Å². The van der Waals surface area contributed by atoms with Crippen molar-refractivity contribution in [2.75, 3.05) is 6.61 Å². The molecule has 8 heteroatoms. The largest absolute Gasteiger partial charge is 0.466 e. The topological polar surface area (TPSA) is 90.5 Å². The zero-order chi connectivity index (χ0) is 23.9. The quantitative estimate of drug-likeness (QED) is 0.277. The van der Waals surface area contributed by atoms with Crippen LogP contribution in [0.2, 0.25) is 5.02 Å². The van der Waals surface area contributed by atoms with E-state index in [0.717, 1.165) is 5.56 Å². The number of nitrogens with one attached hydrogen (secondary N) is 1. The lowest BCUT2D eigenvalue weighted by Gasteiger charge is -2.19. The van der Waals surface area contributed by atoms with Gasteiger partial charge in [-0.15, -0.1) is 0 Å². The van der Waals surface area contributed by atoms with E-state index in [0.29, 0.717) is 34.7 Å². The summed E-state index contributed by atoms with van der Waals surface area (Å²) in [5, 5.41) is 3.21. The van der Waals surface area contributed by atoms with Gasteiger partial charge in [0.2, 0.25) is 0 Å².